The molecule has 1 aliphatic heterocycles. The van der Waals surface area contributed by atoms with Crippen LogP contribution in [0.25, 0.3) is 0 Å². The standard InChI is InChI=1S/C20H38O3/c1-18-14-13-15-20(2,3)23-17-12-10-8-6-4-5-7-9-11-16-22-19(18)21/h18H,4-17H2,1-3H3. The van der Waals surface area contributed by atoms with Crippen molar-refractivity contribution in [2.24, 2.45) is 5.92 Å². The first kappa shape index (κ1) is 20.5. The van der Waals surface area contributed by atoms with Crippen LogP contribution in [0.2, 0.25) is 0 Å². The second-order valence-electron chi connectivity index (χ2n) is 7.75. The summed E-state index contributed by atoms with van der Waals surface area (Å²) in [5.41, 5.74) is -0.0768. The molecular weight excluding hydrogens is 288 g/mol. The predicted molar refractivity (Wildman–Crippen MR) is 95.6 cm³/mol. The summed E-state index contributed by atoms with van der Waals surface area (Å²) in [5, 5.41) is 0. The lowest BCUT2D eigenvalue weighted by atomic mass is 9.96. The van der Waals surface area contributed by atoms with Gasteiger partial charge in [0, 0.05) is 6.61 Å². The SMILES string of the molecule is CC1CCCC(C)(C)OCCCCCCCCCCCOC1=O. The second-order valence-corrected chi connectivity index (χ2v) is 7.75. The molecule has 136 valence electrons. The van der Waals surface area contributed by atoms with Crippen LogP contribution in [0.5, 0.6) is 0 Å². The Kier molecular flexibility index (Phi) is 10.6. The first-order valence-electron chi connectivity index (χ1n) is 9.82. The molecule has 0 aromatic rings. The summed E-state index contributed by atoms with van der Waals surface area (Å²) in [5.74, 6) is -0.0190. The van der Waals surface area contributed by atoms with E-state index >= 15 is 0 Å². The fourth-order valence-corrected chi connectivity index (χ4v) is 3.13. The highest BCUT2D eigenvalue weighted by Crippen LogP contribution is 2.21. The van der Waals surface area contributed by atoms with E-state index < -0.39 is 0 Å². The molecule has 3 nitrogen and oxygen atoms in total. The summed E-state index contributed by atoms with van der Waals surface area (Å²) >= 11 is 0. The summed E-state index contributed by atoms with van der Waals surface area (Å²) in [6.07, 6.45) is 14.2. The Bertz CT molecular complexity index is 312. The maximum atomic E-state index is 12.0. The molecule has 1 heterocycles. The van der Waals surface area contributed by atoms with Gasteiger partial charge in [-0.05, 0) is 46.0 Å². The first-order valence-corrected chi connectivity index (χ1v) is 9.82. The number of carbonyl (C=O) groups is 1. The Morgan fingerprint density at radius 2 is 1.35 bits per heavy atom. The topological polar surface area (TPSA) is 35.5 Å². The molecular formula is C20H38O3. The number of ether oxygens (including phenoxy) is 2. The zero-order valence-electron chi connectivity index (χ0n) is 15.7. The van der Waals surface area contributed by atoms with Gasteiger partial charge in [0.2, 0.25) is 0 Å². The largest absolute Gasteiger partial charge is 0.465 e. The number of cyclic esters (lactones) is 1. The van der Waals surface area contributed by atoms with Crippen molar-refractivity contribution in [3.8, 4) is 0 Å². The molecule has 1 saturated heterocycles. The molecule has 1 rings (SSSR count). The zero-order valence-corrected chi connectivity index (χ0v) is 15.7. The van der Waals surface area contributed by atoms with Crippen LogP contribution in [0.1, 0.15) is 97.8 Å². The van der Waals surface area contributed by atoms with Gasteiger partial charge in [0.1, 0.15) is 0 Å². The van der Waals surface area contributed by atoms with Gasteiger partial charge in [-0.2, -0.15) is 0 Å². The Balaban J connectivity index is 2.36. The maximum Gasteiger partial charge on any atom is 0.308 e. The van der Waals surface area contributed by atoms with Crippen molar-refractivity contribution in [1.82, 2.24) is 0 Å². The van der Waals surface area contributed by atoms with E-state index in [4.69, 9.17) is 9.47 Å². The maximum absolute atomic E-state index is 12.0. The first-order chi connectivity index (χ1) is 11.0. The van der Waals surface area contributed by atoms with E-state index in [-0.39, 0.29) is 17.5 Å². The zero-order chi connectivity index (χ0) is 17.0. The molecule has 0 radical (unpaired) electrons. The highest BCUT2D eigenvalue weighted by Gasteiger charge is 2.20. The number of rotatable bonds is 0. The van der Waals surface area contributed by atoms with Gasteiger partial charge < -0.3 is 9.47 Å². The van der Waals surface area contributed by atoms with E-state index in [1.807, 2.05) is 6.92 Å². The van der Waals surface area contributed by atoms with Gasteiger partial charge in [-0.25, -0.2) is 0 Å². The number of hydrogen-bond acceptors (Lipinski definition) is 3. The molecule has 23 heavy (non-hydrogen) atoms. The summed E-state index contributed by atoms with van der Waals surface area (Å²) in [6, 6.07) is 0. The summed E-state index contributed by atoms with van der Waals surface area (Å²) in [7, 11) is 0. The minimum atomic E-state index is -0.0768. The molecule has 0 bridgehead atoms. The normalized spacial score (nSPS) is 27.3. The van der Waals surface area contributed by atoms with Crippen LogP contribution < -0.4 is 0 Å². The Hall–Kier alpha value is -0.570. The van der Waals surface area contributed by atoms with E-state index in [9.17, 15) is 4.79 Å². The summed E-state index contributed by atoms with van der Waals surface area (Å²) in [4.78, 5) is 12.0. The molecule has 1 unspecified atom stereocenters. The molecule has 1 fully saturated rings. The molecule has 3 heteroatoms. The lowest BCUT2D eigenvalue weighted by Crippen LogP contribution is -2.25. The lowest BCUT2D eigenvalue weighted by molar-refractivity contribution is -0.148. The van der Waals surface area contributed by atoms with Crippen molar-refractivity contribution in [2.45, 2.75) is 103 Å². The van der Waals surface area contributed by atoms with Gasteiger partial charge in [-0.15, -0.1) is 0 Å². The average molecular weight is 327 g/mol. The molecule has 0 aliphatic carbocycles. The quantitative estimate of drug-likeness (QED) is 0.539. The van der Waals surface area contributed by atoms with Crippen LogP contribution in [0, 0.1) is 5.92 Å². The highest BCUT2D eigenvalue weighted by molar-refractivity contribution is 5.71. The minimum absolute atomic E-state index is 0.00730. The van der Waals surface area contributed by atoms with Crippen molar-refractivity contribution in [3.63, 3.8) is 0 Å². The smallest absolute Gasteiger partial charge is 0.308 e. The van der Waals surface area contributed by atoms with Gasteiger partial charge in [0.15, 0.2) is 0 Å². The van der Waals surface area contributed by atoms with E-state index in [2.05, 4.69) is 13.8 Å². The molecule has 0 N–H and O–H groups in total. The molecule has 1 aliphatic rings. The molecule has 1 atom stereocenters. The highest BCUT2D eigenvalue weighted by atomic mass is 16.5. The average Bonchev–Trinajstić information content (AvgIpc) is 2.50. The van der Waals surface area contributed by atoms with E-state index in [0.717, 1.165) is 32.3 Å². The monoisotopic (exact) mass is 326 g/mol. The van der Waals surface area contributed by atoms with Crippen LogP contribution in [0.4, 0.5) is 0 Å². The van der Waals surface area contributed by atoms with Crippen molar-refractivity contribution in [2.75, 3.05) is 13.2 Å². The van der Waals surface area contributed by atoms with Crippen LogP contribution >= 0.6 is 0 Å². The van der Waals surface area contributed by atoms with Crippen LogP contribution in [0.15, 0.2) is 0 Å². The van der Waals surface area contributed by atoms with Crippen LogP contribution in [-0.2, 0) is 14.3 Å². The minimum Gasteiger partial charge on any atom is -0.465 e. The third-order valence-corrected chi connectivity index (χ3v) is 4.84. The third-order valence-electron chi connectivity index (χ3n) is 4.84. The lowest BCUT2D eigenvalue weighted by Gasteiger charge is -2.26. The second kappa shape index (κ2) is 11.9. The Labute approximate surface area is 143 Å². The van der Waals surface area contributed by atoms with Gasteiger partial charge in [-0.1, -0.05) is 51.9 Å². The Morgan fingerprint density at radius 1 is 0.826 bits per heavy atom. The molecule has 0 spiro atoms. The number of esters is 1. The fourth-order valence-electron chi connectivity index (χ4n) is 3.13. The van der Waals surface area contributed by atoms with E-state index in [0.29, 0.717) is 6.61 Å². The van der Waals surface area contributed by atoms with Crippen molar-refractivity contribution in [1.29, 1.82) is 0 Å². The van der Waals surface area contributed by atoms with Gasteiger partial charge in [0.25, 0.3) is 0 Å². The van der Waals surface area contributed by atoms with Crippen molar-refractivity contribution in [3.05, 3.63) is 0 Å². The van der Waals surface area contributed by atoms with Gasteiger partial charge in [-0.3, -0.25) is 4.79 Å². The number of hydrogen-bond donors (Lipinski definition) is 0. The van der Waals surface area contributed by atoms with Crippen LogP contribution in [-0.4, -0.2) is 24.8 Å². The predicted octanol–water partition coefficient (Wildman–Crippen LogP) is 5.66. The fraction of sp³-hybridized carbons (Fsp3) is 0.950. The summed E-state index contributed by atoms with van der Waals surface area (Å²) < 4.78 is 11.4. The van der Waals surface area contributed by atoms with Gasteiger partial charge >= 0.3 is 5.97 Å². The number of carbonyl (C=O) groups excluding carboxylic acids is 1. The summed E-state index contributed by atoms with van der Waals surface area (Å²) in [6.45, 7) is 7.78. The molecule has 0 aromatic heterocycles. The molecule has 0 amide bonds. The van der Waals surface area contributed by atoms with Gasteiger partial charge in [0.05, 0.1) is 18.1 Å². The van der Waals surface area contributed by atoms with Crippen molar-refractivity contribution < 1.29 is 14.3 Å². The van der Waals surface area contributed by atoms with Crippen molar-refractivity contribution >= 4 is 5.97 Å². The molecule has 0 saturated carbocycles. The van der Waals surface area contributed by atoms with E-state index in [1.54, 1.807) is 0 Å². The Morgan fingerprint density at radius 3 is 1.96 bits per heavy atom. The van der Waals surface area contributed by atoms with E-state index in [1.165, 1.54) is 51.4 Å². The third kappa shape index (κ3) is 10.8. The molecule has 0 aromatic carbocycles. The van der Waals surface area contributed by atoms with Crippen LogP contribution in [0.3, 0.4) is 0 Å².